The highest BCUT2D eigenvalue weighted by Gasteiger charge is 2.30. The average Bonchev–Trinajstić information content (AvgIpc) is 2.15. The highest BCUT2D eigenvalue weighted by atomic mass is 19.4. The third-order valence-corrected chi connectivity index (χ3v) is 2.16. The smallest absolute Gasteiger partial charge is 0.166 e. The Morgan fingerprint density at radius 3 is 2.27 bits per heavy atom. The van der Waals surface area contributed by atoms with Crippen molar-refractivity contribution in [1.29, 1.82) is 0 Å². The third-order valence-electron chi connectivity index (χ3n) is 2.16. The molecule has 80 valence electrons. The minimum Gasteiger partial charge on any atom is -0.166 e. The lowest BCUT2D eigenvalue weighted by atomic mass is 9.95. The molecule has 0 aromatic heterocycles. The molecule has 0 saturated heterocycles. The molecule has 0 bridgehead atoms. The first-order valence-electron chi connectivity index (χ1n) is 4.54. The maximum Gasteiger partial charge on any atom is 0.416 e. The van der Waals surface area contributed by atoms with Crippen LogP contribution in [0.1, 0.15) is 36.5 Å². The molecule has 0 atom stereocenters. The first-order chi connectivity index (χ1) is 6.86. The highest BCUT2D eigenvalue weighted by molar-refractivity contribution is 5.44. The molecule has 3 heteroatoms. The Labute approximate surface area is 87.1 Å². The largest absolute Gasteiger partial charge is 0.416 e. The summed E-state index contributed by atoms with van der Waals surface area (Å²) in [7, 11) is 0. The summed E-state index contributed by atoms with van der Waals surface area (Å²) < 4.78 is 37.1. The molecule has 0 heterocycles. The zero-order chi connectivity index (χ0) is 11.6. The van der Waals surface area contributed by atoms with Crippen LogP contribution < -0.4 is 0 Å². The first-order valence-corrected chi connectivity index (χ1v) is 4.54. The molecule has 15 heavy (non-hydrogen) atoms. The normalized spacial score (nSPS) is 11.5. The van der Waals surface area contributed by atoms with Crippen LogP contribution in [0.5, 0.6) is 0 Å². The Bertz CT molecular complexity index is 394. The molecule has 0 aliphatic rings. The maximum absolute atomic E-state index is 12.4. The summed E-state index contributed by atoms with van der Waals surface area (Å²) in [4.78, 5) is 0. The van der Waals surface area contributed by atoms with E-state index in [0.29, 0.717) is 5.56 Å². The van der Waals surface area contributed by atoms with Crippen molar-refractivity contribution in [2.24, 2.45) is 0 Å². The standard InChI is InChI=1S/C12H11F3/c1-4-9-7-10(12(13,14)15)5-6-11(9)8(2)3/h1,5-8H,2-3H3. The fourth-order valence-corrected chi connectivity index (χ4v) is 1.36. The Hall–Kier alpha value is -1.43. The number of hydrogen-bond acceptors (Lipinski definition) is 0. The predicted molar refractivity (Wildman–Crippen MR) is 53.5 cm³/mol. The summed E-state index contributed by atoms with van der Waals surface area (Å²) in [5.41, 5.74) is 0.394. The molecule has 0 aliphatic heterocycles. The lowest BCUT2D eigenvalue weighted by molar-refractivity contribution is -0.137. The van der Waals surface area contributed by atoms with Crippen molar-refractivity contribution in [2.75, 3.05) is 0 Å². The van der Waals surface area contributed by atoms with Gasteiger partial charge in [0.05, 0.1) is 5.56 Å². The molecule has 0 aliphatic carbocycles. The quantitative estimate of drug-likeness (QED) is 0.621. The minimum atomic E-state index is -4.33. The second-order valence-electron chi connectivity index (χ2n) is 3.60. The number of hydrogen-bond donors (Lipinski definition) is 0. The van der Waals surface area contributed by atoms with E-state index in [1.807, 2.05) is 13.8 Å². The van der Waals surface area contributed by atoms with Crippen LogP contribution in [0.15, 0.2) is 18.2 Å². The van der Waals surface area contributed by atoms with Gasteiger partial charge in [0.1, 0.15) is 0 Å². The number of benzene rings is 1. The van der Waals surface area contributed by atoms with E-state index >= 15 is 0 Å². The summed E-state index contributed by atoms with van der Waals surface area (Å²) >= 11 is 0. The lowest BCUT2D eigenvalue weighted by Crippen LogP contribution is -2.06. The van der Waals surface area contributed by atoms with Gasteiger partial charge in [-0.25, -0.2) is 0 Å². The summed E-state index contributed by atoms with van der Waals surface area (Å²) in [5.74, 6) is 2.41. The Balaban J connectivity index is 3.27. The van der Waals surface area contributed by atoms with Crippen molar-refractivity contribution < 1.29 is 13.2 Å². The van der Waals surface area contributed by atoms with Crippen LogP contribution >= 0.6 is 0 Å². The summed E-state index contributed by atoms with van der Waals surface area (Å²) in [6.45, 7) is 3.78. The van der Waals surface area contributed by atoms with Crippen molar-refractivity contribution in [3.63, 3.8) is 0 Å². The zero-order valence-electron chi connectivity index (χ0n) is 8.52. The van der Waals surface area contributed by atoms with Crippen molar-refractivity contribution in [3.8, 4) is 12.3 Å². The molecule has 0 saturated carbocycles. The fourth-order valence-electron chi connectivity index (χ4n) is 1.36. The molecule has 1 aromatic carbocycles. The van der Waals surface area contributed by atoms with Crippen molar-refractivity contribution >= 4 is 0 Å². The van der Waals surface area contributed by atoms with Gasteiger partial charge in [0.25, 0.3) is 0 Å². The summed E-state index contributed by atoms with van der Waals surface area (Å²) in [5, 5.41) is 0. The molecular weight excluding hydrogens is 201 g/mol. The van der Waals surface area contributed by atoms with Crippen LogP contribution in [0, 0.1) is 12.3 Å². The van der Waals surface area contributed by atoms with Gasteiger partial charge >= 0.3 is 6.18 Å². The lowest BCUT2D eigenvalue weighted by Gasteiger charge is -2.12. The van der Waals surface area contributed by atoms with Gasteiger partial charge in [-0.05, 0) is 23.6 Å². The molecule has 0 N–H and O–H groups in total. The van der Waals surface area contributed by atoms with Crippen LogP contribution in [-0.4, -0.2) is 0 Å². The van der Waals surface area contributed by atoms with Crippen molar-refractivity contribution in [1.82, 2.24) is 0 Å². The van der Waals surface area contributed by atoms with Crippen LogP contribution in [0.2, 0.25) is 0 Å². The monoisotopic (exact) mass is 212 g/mol. The van der Waals surface area contributed by atoms with Gasteiger partial charge in [0.15, 0.2) is 0 Å². The summed E-state index contributed by atoms with van der Waals surface area (Å²) in [6, 6.07) is 3.54. The van der Waals surface area contributed by atoms with E-state index < -0.39 is 11.7 Å². The van der Waals surface area contributed by atoms with Crippen molar-refractivity contribution in [2.45, 2.75) is 25.9 Å². The molecule has 0 amide bonds. The van der Waals surface area contributed by atoms with Crippen LogP contribution in [0.25, 0.3) is 0 Å². The van der Waals surface area contributed by atoms with Crippen molar-refractivity contribution in [3.05, 3.63) is 34.9 Å². The molecule has 0 spiro atoms. The minimum absolute atomic E-state index is 0.123. The predicted octanol–water partition coefficient (Wildman–Crippen LogP) is 3.81. The van der Waals surface area contributed by atoms with E-state index in [0.717, 1.165) is 17.7 Å². The van der Waals surface area contributed by atoms with Gasteiger partial charge in [-0.2, -0.15) is 13.2 Å². The van der Waals surface area contributed by atoms with E-state index in [-0.39, 0.29) is 5.92 Å². The molecule has 1 rings (SSSR count). The van der Waals surface area contributed by atoms with Gasteiger partial charge in [0.2, 0.25) is 0 Å². The highest BCUT2D eigenvalue weighted by Crippen LogP contribution is 2.31. The van der Waals surface area contributed by atoms with Crippen LogP contribution in [-0.2, 0) is 6.18 Å². The Kier molecular flexibility index (Phi) is 3.09. The molecule has 0 nitrogen and oxygen atoms in total. The van der Waals surface area contributed by atoms with Gasteiger partial charge in [0, 0.05) is 5.56 Å². The van der Waals surface area contributed by atoms with E-state index in [2.05, 4.69) is 5.92 Å². The summed E-state index contributed by atoms with van der Waals surface area (Å²) in [6.07, 6.45) is 0.851. The molecule has 0 fully saturated rings. The van der Waals surface area contributed by atoms with E-state index in [9.17, 15) is 13.2 Å². The van der Waals surface area contributed by atoms with Crippen LogP contribution in [0.3, 0.4) is 0 Å². The SMILES string of the molecule is C#Cc1cc(C(F)(F)F)ccc1C(C)C. The second-order valence-corrected chi connectivity index (χ2v) is 3.60. The fraction of sp³-hybridized carbons (Fsp3) is 0.333. The topological polar surface area (TPSA) is 0 Å². The molecule has 0 radical (unpaired) electrons. The Morgan fingerprint density at radius 1 is 1.27 bits per heavy atom. The molecular formula is C12H11F3. The third kappa shape index (κ3) is 2.53. The van der Waals surface area contributed by atoms with Gasteiger partial charge in [-0.1, -0.05) is 25.8 Å². The zero-order valence-corrected chi connectivity index (χ0v) is 8.52. The van der Waals surface area contributed by atoms with E-state index in [1.54, 1.807) is 0 Å². The van der Waals surface area contributed by atoms with Gasteiger partial charge < -0.3 is 0 Å². The maximum atomic E-state index is 12.4. The number of halogens is 3. The number of alkyl halides is 3. The average molecular weight is 212 g/mol. The first kappa shape index (κ1) is 11.6. The Morgan fingerprint density at radius 2 is 1.87 bits per heavy atom. The number of terminal acetylenes is 1. The second kappa shape index (κ2) is 3.98. The molecule has 0 unspecified atom stereocenters. The van der Waals surface area contributed by atoms with E-state index in [4.69, 9.17) is 6.42 Å². The van der Waals surface area contributed by atoms with E-state index in [1.165, 1.54) is 6.07 Å². The number of rotatable bonds is 1. The van der Waals surface area contributed by atoms with Gasteiger partial charge in [-0.15, -0.1) is 6.42 Å². The molecule has 1 aromatic rings. The van der Waals surface area contributed by atoms with Gasteiger partial charge in [-0.3, -0.25) is 0 Å². The van der Waals surface area contributed by atoms with Crippen LogP contribution in [0.4, 0.5) is 13.2 Å².